The third kappa shape index (κ3) is 4.54. The van der Waals surface area contributed by atoms with Crippen LogP contribution < -0.4 is 10.1 Å². The molecule has 0 spiro atoms. The van der Waals surface area contributed by atoms with Crippen molar-refractivity contribution < 1.29 is 14.3 Å². The molecule has 116 valence electrons. The van der Waals surface area contributed by atoms with Gasteiger partial charge in [0.25, 0.3) is 5.91 Å². The molecule has 1 amide bonds. The number of aromatic nitrogens is 2. The third-order valence-corrected chi connectivity index (χ3v) is 4.15. The lowest BCUT2D eigenvalue weighted by molar-refractivity contribution is -0.137. The zero-order valence-electron chi connectivity index (χ0n) is 12.1. The van der Waals surface area contributed by atoms with Crippen molar-refractivity contribution in [1.29, 1.82) is 0 Å². The number of anilines is 1. The molecule has 2 aromatic rings. The number of nitrogens with one attached hydrogen (secondary N) is 1. The van der Waals surface area contributed by atoms with Gasteiger partial charge in [0.1, 0.15) is 11.3 Å². The fourth-order valence-electron chi connectivity index (χ4n) is 1.63. The van der Waals surface area contributed by atoms with E-state index in [4.69, 9.17) is 4.74 Å². The number of hydrogen-bond acceptors (Lipinski definition) is 7. The maximum Gasteiger partial charge on any atom is 0.314 e. The summed E-state index contributed by atoms with van der Waals surface area (Å²) in [4.78, 5) is 24.0. The number of nitrogens with zero attached hydrogens (tertiary/aromatic N) is 2. The van der Waals surface area contributed by atoms with Gasteiger partial charge in [-0.2, -0.15) is 11.8 Å². The minimum absolute atomic E-state index is 0.200. The highest BCUT2D eigenvalue weighted by Crippen LogP contribution is 2.18. The van der Waals surface area contributed by atoms with E-state index < -0.39 is 0 Å². The molecule has 0 saturated carbocycles. The first kappa shape index (κ1) is 16.4. The molecule has 0 saturated heterocycles. The molecule has 1 N–H and O–H groups in total. The summed E-state index contributed by atoms with van der Waals surface area (Å²) in [6.07, 6.45) is 1.93. The predicted molar refractivity (Wildman–Crippen MR) is 87.5 cm³/mol. The van der Waals surface area contributed by atoms with E-state index in [0.717, 1.165) is 0 Å². The Morgan fingerprint density at radius 2 is 2.27 bits per heavy atom. The lowest BCUT2D eigenvalue weighted by atomic mass is 10.2. The van der Waals surface area contributed by atoms with Gasteiger partial charge in [-0.05, 0) is 24.5 Å². The molecule has 0 aliphatic heterocycles. The van der Waals surface area contributed by atoms with E-state index in [9.17, 15) is 9.59 Å². The van der Waals surface area contributed by atoms with Crippen molar-refractivity contribution in [1.82, 2.24) is 10.2 Å². The zero-order valence-corrected chi connectivity index (χ0v) is 13.7. The molecule has 1 heterocycles. The van der Waals surface area contributed by atoms with Crippen molar-refractivity contribution in [3.63, 3.8) is 0 Å². The van der Waals surface area contributed by atoms with Crippen molar-refractivity contribution in [2.24, 2.45) is 5.92 Å². The summed E-state index contributed by atoms with van der Waals surface area (Å²) in [5.74, 6) is 0.204. The molecule has 0 aliphatic rings. The maximum absolute atomic E-state index is 12.1. The summed E-state index contributed by atoms with van der Waals surface area (Å²) in [6, 6.07) is 6.47. The summed E-state index contributed by atoms with van der Waals surface area (Å²) in [5, 5.41) is 10.4. The molecule has 6 nitrogen and oxygen atoms in total. The van der Waals surface area contributed by atoms with Gasteiger partial charge in [-0.25, -0.2) is 0 Å². The summed E-state index contributed by atoms with van der Waals surface area (Å²) >= 11 is 2.81. The Bertz CT molecular complexity index is 647. The molecule has 2 rings (SSSR count). The first-order chi connectivity index (χ1) is 10.6. The van der Waals surface area contributed by atoms with Gasteiger partial charge >= 0.3 is 5.97 Å². The fraction of sp³-hybridized carbons (Fsp3) is 0.286. The molecular weight excluding hydrogens is 322 g/mol. The Labute approximate surface area is 136 Å². The SMILES string of the molecule is CSCC(C)C(=O)Oc1cccc(C(=O)Nc2nncs2)c1. The van der Waals surface area contributed by atoms with Crippen molar-refractivity contribution >= 4 is 40.1 Å². The Morgan fingerprint density at radius 3 is 2.95 bits per heavy atom. The molecule has 22 heavy (non-hydrogen) atoms. The van der Waals surface area contributed by atoms with E-state index in [-0.39, 0.29) is 17.8 Å². The van der Waals surface area contributed by atoms with E-state index in [2.05, 4.69) is 15.5 Å². The van der Waals surface area contributed by atoms with E-state index in [1.54, 1.807) is 30.0 Å². The Morgan fingerprint density at radius 1 is 1.45 bits per heavy atom. The first-order valence-electron chi connectivity index (χ1n) is 6.48. The molecule has 1 aromatic heterocycles. The van der Waals surface area contributed by atoms with Crippen LogP contribution in [0.4, 0.5) is 5.13 Å². The van der Waals surface area contributed by atoms with Gasteiger partial charge in [0.2, 0.25) is 5.13 Å². The second-order valence-corrected chi connectivity index (χ2v) is 6.25. The number of benzene rings is 1. The van der Waals surface area contributed by atoms with Crippen molar-refractivity contribution in [2.75, 3.05) is 17.3 Å². The molecule has 0 radical (unpaired) electrons. The number of esters is 1. The maximum atomic E-state index is 12.1. The van der Waals surface area contributed by atoms with Gasteiger partial charge in [-0.15, -0.1) is 10.2 Å². The summed E-state index contributed by atoms with van der Waals surface area (Å²) in [7, 11) is 0. The molecule has 1 aromatic carbocycles. The van der Waals surface area contributed by atoms with E-state index in [1.807, 2.05) is 13.2 Å². The first-order valence-corrected chi connectivity index (χ1v) is 8.75. The molecule has 1 atom stereocenters. The van der Waals surface area contributed by atoms with Crippen LogP contribution in [0, 0.1) is 5.92 Å². The number of rotatable bonds is 6. The van der Waals surface area contributed by atoms with Crippen LogP contribution >= 0.6 is 23.1 Å². The summed E-state index contributed by atoms with van der Waals surface area (Å²) in [6.45, 7) is 1.81. The number of amides is 1. The Kier molecular flexibility index (Phi) is 5.91. The van der Waals surface area contributed by atoms with Crippen LogP contribution in [0.3, 0.4) is 0 Å². The second-order valence-electron chi connectivity index (χ2n) is 4.50. The van der Waals surface area contributed by atoms with Crippen LogP contribution in [0.15, 0.2) is 29.8 Å². The number of ether oxygens (including phenoxy) is 1. The topological polar surface area (TPSA) is 81.2 Å². The lowest BCUT2D eigenvalue weighted by Crippen LogP contribution is -2.20. The summed E-state index contributed by atoms with van der Waals surface area (Å²) in [5.41, 5.74) is 1.92. The quantitative estimate of drug-likeness (QED) is 0.645. The number of carbonyl (C=O) groups is 2. The number of thioether (sulfide) groups is 1. The standard InChI is InChI=1S/C14H15N3O3S2/c1-9(7-21-2)13(19)20-11-5-3-4-10(6-11)12(18)16-14-17-15-8-22-14/h3-6,8-9H,7H2,1-2H3,(H,16,17,18). The highest BCUT2D eigenvalue weighted by atomic mass is 32.2. The number of carbonyl (C=O) groups excluding carboxylic acids is 2. The minimum atomic E-state index is -0.327. The van der Waals surface area contributed by atoms with Gasteiger partial charge < -0.3 is 4.74 Å². The monoisotopic (exact) mass is 337 g/mol. The average molecular weight is 337 g/mol. The Hall–Kier alpha value is -1.93. The summed E-state index contributed by atoms with van der Waals surface area (Å²) < 4.78 is 5.30. The highest BCUT2D eigenvalue weighted by molar-refractivity contribution is 7.98. The van der Waals surface area contributed by atoms with Crippen LogP contribution in [-0.2, 0) is 4.79 Å². The van der Waals surface area contributed by atoms with Crippen LogP contribution in [0.25, 0.3) is 0 Å². The van der Waals surface area contributed by atoms with Crippen molar-refractivity contribution in [2.45, 2.75) is 6.92 Å². The minimum Gasteiger partial charge on any atom is -0.426 e. The van der Waals surface area contributed by atoms with Gasteiger partial charge in [-0.3, -0.25) is 14.9 Å². The smallest absolute Gasteiger partial charge is 0.314 e. The fourth-order valence-corrected chi connectivity index (χ4v) is 2.71. The normalized spacial score (nSPS) is 11.7. The average Bonchev–Trinajstić information content (AvgIpc) is 3.00. The van der Waals surface area contributed by atoms with Gasteiger partial charge in [-0.1, -0.05) is 24.3 Å². The van der Waals surface area contributed by atoms with Crippen LogP contribution in [0.2, 0.25) is 0 Å². The largest absolute Gasteiger partial charge is 0.426 e. The van der Waals surface area contributed by atoms with Crippen LogP contribution in [0.5, 0.6) is 5.75 Å². The van der Waals surface area contributed by atoms with Crippen LogP contribution in [0.1, 0.15) is 17.3 Å². The number of hydrogen-bond donors (Lipinski definition) is 1. The third-order valence-electron chi connectivity index (χ3n) is 2.71. The van der Waals surface area contributed by atoms with Gasteiger partial charge in [0.05, 0.1) is 5.92 Å². The molecule has 0 bridgehead atoms. The van der Waals surface area contributed by atoms with Gasteiger partial charge in [0, 0.05) is 11.3 Å². The second kappa shape index (κ2) is 7.90. The molecule has 0 fully saturated rings. The lowest BCUT2D eigenvalue weighted by Gasteiger charge is -2.10. The van der Waals surface area contributed by atoms with E-state index in [0.29, 0.717) is 22.2 Å². The predicted octanol–water partition coefficient (Wildman–Crippen LogP) is 2.69. The van der Waals surface area contributed by atoms with Gasteiger partial charge in [0.15, 0.2) is 0 Å². The van der Waals surface area contributed by atoms with Crippen molar-refractivity contribution in [3.8, 4) is 5.75 Å². The van der Waals surface area contributed by atoms with E-state index in [1.165, 1.54) is 22.9 Å². The molecule has 0 aliphatic carbocycles. The molecule has 8 heteroatoms. The molecule has 1 unspecified atom stereocenters. The highest BCUT2D eigenvalue weighted by Gasteiger charge is 2.16. The molecular formula is C14H15N3O3S2. The zero-order chi connectivity index (χ0) is 15.9. The van der Waals surface area contributed by atoms with Crippen LogP contribution in [-0.4, -0.2) is 34.1 Å². The van der Waals surface area contributed by atoms with E-state index >= 15 is 0 Å². The van der Waals surface area contributed by atoms with Crippen molar-refractivity contribution in [3.05, 3.63) is 35.3 Å². The Balaban J connectivity index is 2.03.